The molecule has 0 aliphatic rings. The van der Waals surface area contributed by atoms with Gasteiger partial charge >= 0.3 is 0 Å². The molecule has 0 bridgehead atoms. The van der Waals surface area contributed by atoms with Crippen molar-refractivity contribution in [2.24, 2.45) is 7.05 Å². The zero-order chi connectivity index (χ0) is 20.3. The van der Waals surface area contributed by atoms with E-state index < -0.39 is 0 Å². The quantitative estimate of drug-likeness (QED) is 0.601. The maximum Gasteiger partial charge on any atom is 0.234 e. The summed E-state index contributed by atoms with van der Waals surface area (Å²) in [4.78, 5) is 12.3. The first-order valence-electron chi connectivity index (χ1n) is 9.34. The van der Waals surface area contributed by atoms with Crippen molar-refractivity contribution in [3.05, 3.63) is 59.2 Å². The van der Waals surface area contributed by atoms with Crippen molar-refractivity contribution in [3.63, 3.8) is 0 Å². The van der Waals surface area contributed by atoms with Gasteiger partial charge in [0.15, 0.2) is 11.0 Å². The number of aryl methyl sites for hydroxylation is 2. The van der Waals surface area contributed by atoms with Crippen LogP contribution in [0.2, 0.25) is 0 Å². The van der Waals surface area contributed by atoms with E-state index in [4.69, 9.17) is 0 Å². The molecule has 0 aliphatic carbocycles. The van der Waals surface area contributed by atoms with E-state index in [0.29, 0.717) is 5.92 Å². The molecule has 1 aromatic heterocycles. The number of hydrogen-bond donors (Lipinski definition) is 1. The van der Waals surface area contributed by atoms with Crippen molar-refractivity contribution in [1.29, 1.82) is 0 Å². The Kier molecular flexibility index (Phi) is 6.19. The van der Waals surface area contributed by atoms with Gasteiger partial charge in [0.05, 0.1) is 5.75 Å². The molecular weight excluding hydrogens is 368 g/mol. The van der Waals surface area contributed by atoms with E-state index in [-0.39, 0.29) is 11.7 Å². The monoisotopic (exact) mass is 394 g/mol. The molecule has 0 aliphatic heterocycles. The molecule has 0 saturated carbocycles. The van der Waals surface area contributed by atoms with Crippen molar-refractivity contribution in [3.8, 4) is 11.4 Å². The number of anilines is 1. The minimum atomic E-state index is -0.0514. The van der Waals surface area contributed by atoms with Gasteiger partial charge in [0.1, 0.15) is 0 Å². The molecule has 5 nitrogen and oxygen atoms in total. The van der Waals surface area contributed by atoms with E-state index in [1.165, 1.54) is 17.3 Å². The molecule has 3 rings (SSSR count). The predicted octanol–water partition coefficient (Wildman–Crippen LogP) is 4.95. The van der Waals surface area contributed by atoms with Gasteiger partial charge < -0.3 is 9.88 Å². The summed E-state index contributed by atoms with van der Waals surface area (Å²) in [5.74, 6) is 1.53. The third kappa shape index (κ3) is 4.62. The van der Waals surface area contributed by atoms with Gasteiger partial charge in [-0.05, 0) is 42.5 Å². The number of carbonyl (C=O) groups excluding carboxylic acids is 1. The van der Waals surface area contributed by atoms with Crippen molar-refractivity contribution >= 4 is 23.4 Å². The number of nitrogens with zero attached hydrogens (tertiary/aromatic N) is 3. The fourth-order valence-electron chi connectivity index (χ4n) is 2.90. The maximum atomic E-state index is 12.3. The molecule has 28 heavy (non-hydrogen) atoms. The minimum Gasteiger partial charge on any atom is -0.325 e. The molecule has 6 heteroatoms. The van der Waals surface area contributed by atoms with Gasteiger partial charge in [-0.1, -0.05) is 62.0 Å². The van der Waals surface area contributed by atoms with Crippen LogP contribution in [0.5, 0.6) is 0 Å². The molecule has 0 saturated heterocycles. The van der Waals surface area contributed by atoms with Crippen LogP contribution in [-0.2, 0) is 11.8 Å². The molecule has 3 aromatic rings. The summed E-state index contributed by atoms with van der Waals surface area (Å²) >= 11 is 1.39. The minimum absolute atomic E-state index is 0.0514. The lowest BCUT2D eigenvalue weighted by molar-refractivity contribution is -0.113. The Morgan fingerprint density at radius 2 is 1.82 bits per heavy atom. The van der Waals surface area contributed by atoms with E-state index in [9.17, 15) is 4.79 Å². The highest BCUT2D eigenvalue weighted by Crippen LogP contribution is 2.25. The van der Waals surface area contributed by atoms with Crippen LogP contribution in [-0.4, -0.2) is 26.4 Å². The molecule has 1 heterocycles. The van der Waals surface area contributed by atoms with Crippen LogP contribution >= 0.6 is 11.8 Å². The van der Waals surface area contributed by atoms with Crippen LogP contribution in [0.25, 0.3) is 11.4 Å². The van der Waals surface area contributed by atoms with E-state index in [0.717, 1.165) is 33.4 Å². The van der Waals surface area contributed by atoms with Crippen LogP contribution in [0.15, 0.2) is 47.6 Å². The van der Waals surface area contributed by atoms with Gasteiger partial charge in [-0.15, -0.1) is 10.2 Å². The lowest BCUT2D eigenvalue weighted by atomic mass is 10.0. The highest BCUT2D eigenvalue weighted by molar-refractivity contribution is 7.99. The van der Waals surface area contributed by atoms with Gasteiger partial charge in [-0.25, -0.2) is 0 Å². The molecule has 1 N–H and O–H groups in total. The first-order chi connectivity index (χ1) is 13.3. The first-order valence-corrected chi connectivity index (χ1v) is 10.3. The molecular formula is C22H26N4OS. The number of aromatic nitrogens is 3. The normalized spacial score (nSPS) is 11.1. The Morgan fingerprint density at radius 1 is 1.11 bits per heavy atom. The summed E-state index contributed by atoms with van der Waals surface area (Å²) in [6, 6.07) is 14.4. The summed E-state index contributed by atoms with van der Waals surface area (Å²) in [6.45, 7) is 8.35. The van der Waals surface area contributed by atoms with Gasteiger partial charge in [-0.3, -0.25) is 4.79 Å². The van der Waals surface area contributed by atoms with Crippen LogP contribution in [0.1, 0.15) is 36.5 Å². The van der Waals surface area contributed by atoms with Crippen molar-refractivity contribution in [1.82, 2.24) is 14.8 Å². The van der Waals surface area contributed by atoms with Crippen LogP contribution in [0.3, 0.4) is 0 Å². The molecule has 0 radical (unpaired) electrons. The van der Waals surface area contributed by atoms with E-state index in [1.54, 1.807) is 0 Å². The molecule has 1 amide bonds. The van der Waals surface area contributed by atoms with Crippen molar-refractivity contribution < 1.29 is 4.79 Å². The Morgan fingerprint density at radius 3 is 2.50 bits per heavy atom. The van der Waals surface area contributed by atoms with Gasteiger partial charge in [0.25, 0.3) is 0 Å². The highest BCUT2D eigenvalue weighted by atomic mass is 32.2. The summed E-state index contributed by atoms with van der Waals surface area (Å²) in [5, 5.41) is 12.3. The SMILES string of the molecule is Cc1ccc(C)c(NC(=O)CSc2nnc(-c3ccc(C(C)C)cc3)n2C)c1. The van der Waals surface area contributed by atoms with E-state index in [1.807, 2.05) is 43.7 Å². The number of carbonyl (C=O) groups is 1. The van der Waals surface area contributed by atoms with Gasteiger partial charge in [-0.2, -0.15) is 0 Å². The Balaban J connectivity index is 1.65. The Bertz CT molecular complexity index is 977. The summed E-state index contributed by atoms with van der Waals surface area (Å²) in [5.41, 5.74) is 5.34. The standard InChI is InChI=1S/C22H26N4OS/c1-14(2)17-8-10-18(11-9-17)21-24-25-22(26(21)5)28-13-20(27)23-19-12-15(3)6-7-16(19)4/h6-12,14H,13H2,1-5H3,(H,23,27). The zero-order valence-corrected chi connectivity index (χ0v) is 17.8. The third-order valence-corrected chi connectivity index (χ3v) is 5.69. The third-order valence-electron chi connectivity index (χ3n) is 4.67. The topological polar surface area (TPSA) is 59.8 Å². The fraction of sp³-hybridized carbons (Fsp3) is 0.318. The van der Waals surface area contributed by atoms with E-state index >= 15 is 0 Å². The molecule has 0 atom stereocenters. The van der Waals surface area contributed by atoms with E-state index in [2.05, 4.69) is 53.6 Å². The molecule has 146 valence electrons. The Hall–Kier alpha value is -2.60. The number of hydrogen-bond acceptors (Lipinski definition) is 4. The summed E-state index contributed by atoms with van der Waals surface area (Å²) in [6.07, 6.45) is 0. The molecule has 0 unspecified atom stereocenters. The summed E-state index contributed by atoms with van der Waals surface area (Å²) in [7, 11) is 1.93. The van der Waals surface area contributed by atoms with Gasteiger partial charge in [0.2, 0.25) is 5.91 Å². The number of amides is 1. The lowest BCUT2D eigenvalue weighted by Gasteiger charge is -2.09. The maximum absolute atomic E-state index is 12.3. The van der Waals surface area contributed by atoms with Crippen molar-refractivity contribution in [2.45, 2.75) is 38.8 Å². The molecule has 0 spiro atoms. The number of thioether (sulfide) groups is 1. The second kappa shape index (κ2) is 8.61. The average Bonchev–Trinajstić information content (AvgIpc) is 3.03. The van der Waals surface area contributed by atoms with Crippen LogP contribution in [0.4, 0.5) is 5.69 Å². The summed E-state index contributed by atoms with van der Waals surface area (Å²) < 4.78 is 1.93. The largest absolute Gasteiger partial charge is 0.325 e. The van der Waals surface area contributed by atoms with Crippen LogP contribution in [0, 0.1) is 13.8 Å². The molecule has 2 aromatic carbocycles. The zero-order valence-electron chi connectivity index (χ0n) is 17.0. The second-order valence-corrected chi connectivity index (χ2v) is 8.24. The molecule has 0 fully saturated rings. The second-order valence-electron chi connectivity index (χ2n) is 7.30. The van der Waals surface area contributed by atoms with Crippen LogP contribution < -0.4 is 5.32 Å². The smallest absolute Gasteiger partial charge is 0.234 e. The highest BCUT2D eigenvalue weighted by Gasteiger charge is 2.14. The number of nitrogens with one attached hydrogen (secondary N) is 1. The predicted molar refractivity (Wildman–Crippen MR) is 116 cm³/mol. The Labute approximate surface area is 170 Å². The number of benzene rings is 2. The van der Waals surface area contributed by atoms with Gasteiger partial charge in [0, 0.05) is 18.3 Å². The lowest BCUT2D eigenvalue weighted by Crippen LogP contribution is -2.15. The van der Waals surface area contributed by atoms with Crippen molar-refractivity contribution in [2.75, 3.05) is 11.1 Å². The fourth-order valence-corrected chi connectivity index (χ4v) is 3.61. The average molecular weight is 395 g/mol. The first kappa shape index (κ1) is 20.1. The number of rotatable bonds is 6.